The van der Waals surface area contributed by atoms with Crippen molar-refractivity contribution >= 4 is 11.7 Å². The minimum atomic E-state index is 0.537. The van der Waals surface area contributed by atoms with Gasteiger partial charge in [-0.1, -0.05) is 32.6 Å². The minimum absolute atomic E-state index is 0.537. The van der Waals surface area contributed by atoms with Crippen LogP contribution in [-0.2, 0) is 4.74 Å². The van der Waals surface area contributed by atoms with Gasteiger partial charge in [0, 0.05) is 19.8 Å². The summed E-state index contributed by atoms with van der Waals surface area (Å²) in [6, 6.07) is 8.94. The molecule has 3 nitrogen and oxygen atoms in total. The number of benzene rings is 1. The Labute approximate surface area is 110 Å². The van der Waals surface area contributed by atoms with Gasteiger partial charge in [-0.3, -0.25) is 4.90 Å². The van der Waals surface area contributed by atoms with Crippen molar-refractivity contribution in [3.8, 4) is 0 Å². The van der Waals surface area contributed by atoms with Crippen LogP contribution in [0.1, 0.15) is 32.3 Å². The number of ether oxygens (including phenoxy) is 1. The molecule has 0 radical (unpaired) electrons. The van der Waals surface area contributed by atoms with E-state index >= 15 is 0 Å². The average molecular weight is 246 g/mol. The fourth-order valence-corrected chi connectivity index (χ4v) is 1.61. The minimum Gasteiger partial charge on any atom is -0.431 e. The maximum Gasteiger partial charge on any atom is 0.296 e. The van der Waals surface area contributed by atoms with Crippen molar-refractivity contribution in [2.45, 2.75) is 26.7 Å². The van der Waals surface area contributed by atoms with Crippen LogP contribution in [0.4, 0.5) is 5.69 Å². The third kappa shape index (κ3) is 3.62. The summed E-state index contributed by atoms with van der Waals surface area (Å²) in [5.41, 5.74) is 2.37. The molecular formula is C15H22N2O. The van der Waals surface area contributed by atoms with E-state index in [-0.39, 0.29) is 0 Å². The number of hydrogen-bond acceptors (Lipinski definition) is 2. The second-order valence-corrected chi connectivity index (χ2v) is 4.62. The molecule has 0 saturated carbocycles. The summed E-state index contributed by atoms with van der Waals surface area (Å²) in [5, 5.41) is 0. The highest BCUT2D eigenvalue weighted by Crippen LogP contribution is 2.20. The number of nitrogens with zero attached hydrogens (tertiary/aromatic N) is 2. The molecule has 0 aliphatic carbocycles. The van der Waals surface area contributed by atoms with Crippen LogP contribution in [0.25, 0.3) is 0 Å². The largest absolute Gasteiger partial charge is 0.431 e. The molecule has 0 N–H and O–H groups in total. The van der Waals surface area contributed by atoms with E-state index in [1.54, 1.807) is 14.0 Å². The lowest BCUT2D eigenvalue weighted by Gasteiger charge is -2.21. The molecule has 0 fully saturated rings. The van der Waals surface area contributed by atoms with Gasteiger partial charge in [-0.2, -0.15) is 0 Å². The summed E-state index contributed by atoms with van der Waals surface area (Å²) in [6.07, 6.45) is 0. The van der Waals surface area contributed by atoms with E-state index in [2.05, 4.69) is 49.7 Å². The molecular weight excluding hydrogens is 224 g/mol. The standard InChI is InChI=1S/C15H22N2O/c1-11(2)13-7-9-14(10-8-13)17(6)15(16-5)18-12(3)4/h7-11H,3H2,1-2,4-6H3. The van der Waals surface area contributed by atoms with Crippen LogP contribution in [0, 0.1) is 0 Å². The molecule has 0 aromatic heterocycles. The summed E-state index contributed by atoms with van der Waals surface area (Å²) in [7, 11) is 3.63. The van der Waals surface area contributed by atoms with Crippen molar-refractivity contribution in [1.82, 2.24) is 0 Å². The number of hydrogen-bond donors (Lipinski definition) is 0. The predicted octanol–water partition coefficient (Wildman–Crippen LogP) is 3.78. The van der Waals surface area contributed by atoms with Gasteiger partial charge >= 0.3 is 0 Å². The van der Waals surface area contributed by atoms with Crippen molar-refractivity contribution in [2.75, 3.05) is 19.0 Å². The molecule has 0 spiro atoms. The molecule has 0 amide bonds. The second kappa shape index (κ2) is 6.24. The molecule has 98 valence electrons. The Morgan fingerprint density at radius 2 is 1.83 bits per heavy atom. The molecule has 0 aliphatic heterocycles. The highest BCUT2D eigenvalue weighted by atomic mass is 16.5. The van der Waals surface area contributed by atoms with Crippen LogP contribution in [0.5, 0.6) is 0 Å². The first-order valence-corrected chi connectivity index (χ1v) is 6.09. The van der Waals surface area contributed by atoms with E-state index in [1.165, 1.54) is 5.56 Å². The number of anilines is 1. The van der Waals surface area contributed by atoms with Crippen LogP contribution in [0.3, 0.4) is 0 Å². The highest BCUT2D eigenvalue weighted by Gasteiger charge is 2.10. The van der Waals surface area contributed by atoms with Gasteiger partial charge in [-0.25, -0.2) is 4.99 Å². The molecule has 0 saturated heterocycles. The van der Waals surface area contributed by atoms with Crippen LogP contribution in [0.2, 0.25) is 0 Å². The monoisotopic (exact) mass is 246 g/mol. The third-order valence-corrected chi connectivity index (χ3v) is 2.69. The van der Waals surface area contributed by atoms with Gasteiger partial charge in [0.2, 0.25) is 0 Å². The fraction of sp³-hybridized carbons (Fsp3) is 0.400. The fourth-order valence-electron chi connectivity index (χ4n) is 1.61. The topological polar surface area (TPSA) is 24.8 Å². The normalized spacial score (nSPS) is 11.6. The molecule has 1 aromatic carbocycles. The molecule has 1 rings (SSSR count). The average Bonchev–Trinajstić information content (AvgIpc) is 2.35. The van der Waals surface area contributed by atoms with Gasteiger partial charge < -0.3 is 4.74 Å². The van der Waals surface area contributed by atoms with Crippen LogP contribution < -0.4 is 4.90 Å². The Morgan fingerprint density at radius 3 is 2.22 bits per heavy atom. The van der Waals surface area contributed by atoms with E-state index in [0.29, 0.717) is 17.7 Å². The Hall–Kier alpha value is -1.77. The SMILES string of the molecule is C=C(C)OC(=NC)N(C)c1ccc(C(C)C)cc1. The molecule has 1 aromatic rings. The van der Waals surface area contributed by atoms with Gasteiger partial charge in [0.25, 0.3) is 6.02 Å². The van der Waals surface area contributed by atoms with Gasteiger partial charge in [-0.15, -0.1) is 0 Å². The Morgan fingerprint density at radius 1 is 1.28 bits per heavy atom. The number of allylic oxidation sites excluding steroid dienone is 1. The summed E-state index contributed by atoms with van der Waals surface area (Å²) in [4.78, 5) is 6.02. The number of rotatable bonds is 3. The molecule has 18 heavy (non-hydrogen) atoms. The van der Waals surface area contributed by atoms with Gasteiger partial charge in [0.15, 0.2) is 0 Å². The lowest BCUT2D eigenvalue weighted by atomic mass is 10.0. The maximum absolute atomic E-state index is 5.47. The van der Waals surface area contributed by atoms with E-state index in [4.69, 9.17) is 4.74 Å². The molecule has 0 aliphatic rings. The van der Waals surface area contributed by atoms with Crippen LogP contribution in [0.15, 0.2) is 41.6 Å². The third-order valence-electron chi connectivity index (χ3n) is 2.69. The summed E-state index contributed by atoms with van der Waals surface area (Å²) >= 11 is 0. The predicted molar refractivity (Wildman–Crippen MR) is 78.2 cm³/mol. The van der Waals surface area contributed by atoms with E-state index < -0.39 is 0 Å². The van der Waals surface area contributed by atoms with Crippen molar-refractivity contribution in [1.29, 1.82) is 0 Å². The number of aliphatic imine (C=N–C) groups is 1. The Balaban J connectivity index is 2.89. The van der Waals surface area contributed by atoms with E-state index in [0.717, 1.165) is 5.69 Å². The van der Waals surface area contributed by atoms with Gasteiger partial charge in [0.1, 0.15) is 0 Å². The molecule has 0 unspecified atom stereocenters. The second-order valence-electron chi connectivity index (χ2n) is 4.62. The zero-order valence-electron chi connectivity index (χ0n) is 11.9. The first-order valence-electron chi connectivity index (χ1n) is 6.09. The zero-order valence-corrected chi connectivity index (χ0v) is 11.9. The first kappa shape index (κ1) is 14.3. The maximum atomic E-state index is 5.47. The summed E-state index contributed by atoms with van der Waals surface area (Å²) in [5.74, 6) is 1.16. The van der Waals surface area contributed by atoms with Crippen molar-refractivity contribution < 1.29 is 4.74 Å². The molecule has 0 atom stereocenters. The molecule has 3 heteroatoms. The zero-order chi connectivity index (χ0) is 13.7. The van der Waals surface area contributed by atoms with Crippen molar-refractivity contribution in [3.05, 3.63) is 42.2 Å². The molecule has 0 bridgehead atoms. The highest BCUT2D eigenvalue weighted by molar-refractivity contribution is 5.91. The summed E-state index contributed by atoms with van der Waals surface area (Å²) in [6.45, 7) is 9.90. The van der Waals surface area contributed by atoms with Crippen molar-refractivity contribution in [3.63, 3.8) is 0 Å². The van der Waals surface area contributed by atoms with Gasteiger partial charge in [-0.05, 0) is 30.5 Å². The van der Waals surface area contributed by atoms with E-state index in [9.17, 15) is 0 Å². The van der Waals surface area contributed by atoms with Crippen LogP contribution in [-0.4, -0.2) is 20.1 Å². The first-order chi connectivity index (χ1) is 8.45. The molecule has 0 heterocycles. The Bertz CT molecular complexity index is 432. The number of amidine groups is 1. The lowest BCUT2D eigenvalue weighted by Crippen LogP contribution is -2.28. The van der Waals surface area contributed by atoms with Gasteiger partial charge in [0.05, 0.1) is 5.76 Å². The summed E-state index contributed by atoms with van der Waals surface area (Å²) < 4.78 is 5.47. The quantitative estimate of drug-likeness (QED) is 0.460. The van der Waals surface area contributed by atoms with E-state index in [1.807, 2.05) is 11.9 Å². The van der Waals surface area contributed by atoms with Crippen LogP contribution >= 0.6 is 0 Å². The lowest BCUT2D eigenvalue weighted by molar-refractivity contribution is 0.409. The Kier molecular flexibility index (Phi) is 4.95. The van der Waals surface area contributed by atoms with Crippen molar-refractivity contribution in [2.24, 2.45) is 4.99 Å². The smallest absolute Gasteiger partial charge is 0.296 e.